The zero-order chi connectivity index (χ0) is 18.9. The van der Waals surface area contributed by atoms with E-state index in [4.69, 9.17) is 9.47 Å². The molecule has 1 aromatic carbocycles. The van der Waals surface area contributed by atoms with E-state index in [-0.39, 0.29) is 18.0 Å². The van der Waals surface area contributed by atoms with Crippen molar-refractivity contribution in [3.8, 4) is 11.5 Å². The zero-order valence-electron chi connectivity index (χ0n) is 14.9. The van der Waals surface area contributed by atoms with Crippen LogP contribution in [0.5, 0.6) is 11.5 Å². The van der Waals surface area contributed by atoms with Gasteiger partial charge in [0, 0.05) is 16.7 Å². The topological polar surface area (TPSA) is 69.6 Å². The van der Waals surface area contributed by atoms with Gasteiger partial charge >= 0.3 is 0 Å². The van der Waals surface area contributed by atoms with Gasteiger partial charge in [0.05, 0.1) is 5.54 Å². The fraction of sp³-hybridized carbons (Fsp3) is 0.400. The summed E-state index contributed by atoms with van der Waals surface area (Å²) in [6.07, 6.45) is 5.46. The molecule has 0 saturated heterocycles. The number of hydrogen-bond donors (Lipinski definition) is 1. The van der Waals surface area contributed by atoms with Crippen molar-refractivity contribution < 1.29 is 14.3 Å². The smallest absolute Gasteiger partial charge is 0.251 e. The van der Waals surface area contributed by atoms with Gasteiger partial charge in [-0.25, -0.2) is 0 Å². The van der Waals surface area contributed by atoms with Crippen LogP contribution in [-0.2, 0) is 16.9 Å². The molecule has 27 heavy (non-hydrogen) atoms. The first-order chi connectivity index (χ1) is 13.1. The monoisotopic (exact) mass is 432 g/mol. The van der Waals surface area contributed by atoms with Gasteiger partial charge in [-0.05, 0) is 52.5 Å². The van der Waals surface area contributed by atoms with Gasteiger partial charge in [-0.3, -0.25) is 9.59 Å². The van der Waals surface area contributed by atoms with Gasteiger partial charge in [0.1, 0.15) is 19.8 Å². The molecule has 0 radical (unpaired) electrons. The van der Waals surface area contributed by atoms with E-state index in [1.807, 2.05) is 18.2 Å². The van der Waals surface area contributed by atoms with Gasteiger partial charge in [-0.2, -0.15) is 0 Å². The number of carbonyl (C=O) groups excluding carboxylic acids is 1. The number of hydrogen-bond acceptors (Lipinski definition) is 4. The van der Waals surface area contributed by atoms with Crippen LogP contribution in [0.3, 0.4) is 0 Å². The highest BCUT2D eigenvalue weighted by atomic mass is 79.9. The van der Waals surface area contributed by atoms with E-state index in [9.17, 15) is 9.59 Å². The molecular weight excluding hydrogens is 412 g/mol. The van der Waals surface area contributed by atoms with Crippen LogP contribution in [0.25, 0.3) is 0 Å². The van der Waals surface area contributed by atoms with Gasteiger partial charge < -0.3 is 19.4 Å². The lowest BCUT2D eigenvalue weighted by atomic mass is 9.87. The summed E-state index contributed by atoms with van der Waals surface area (Å²) in [6.45, 7) is 1.07. The summed E-state index contributed by atoms with van der Waals surface area (Å²) in [5, 5.41) is 3.20. The predicted octanol–water partition coefficient (Wildman–Crippen LogP) is 2.97. The minimum atomic E-state index is -0.428. The second-order valence-corrected chi connectivity index (χ2v) is 7.92. The molecule has 0 bridgehead atoms. The summed E-state index contributed by atoms with van der Waals surface area (Å²) in [5.41, 5.74) is 0.398. The second kappa shape index (κ2) is 7.38. The van der Waals surface area contributed by atoms with Crippen molar-refractivity contribution in [2.24, 2.45) is 0 Å². The van der Waals surface area contributed by atoms with Crippen molar-refractivity contribution in [3.05, 3.63) is 56.9 Å². The quantitative estimate of drug-likeness (QED) is 0.805. The fourth-order valence-electron chi connectivity index (χ4n) is 3.89. The average molecular weight is 433 g/mol. The number of aromatic nitrogens is 1. The zero-order valence-corrected chi connectivity index (χ0v) is 16.5. The molecule has 2 aliphatic rings. The van der Waals surface area contributed by atoms with Crippen molar-refractivity contribution in [1.29, 1.82) is 0 Å². The number of carbonyl (C=O) groups is 1. The Balaban J connectivity index is 1.58. The molecule has 7 heteroatoms. The normalized spacial score (nSPS) is 17.5. The number of nitrogens with zero attached hydrogens (tertiary/aromatic N) is 1. The standard InChI is InChI=1S/C20H21BrN2O4/c21-15-4-6-19(25)23(12-15)13-18(24)22-20(7-1-2-8-20)14-3-5-16-17(11-14)27-10-9-26-16/h3-6,11-12H,1-2,7-10,13H2,(H,22,24). The first-order valence-electron chi connectivity index (χ1n) is 9.13. The molecule has 1 aromatic heterocycles. The number of benzene rings is 1. The van der Waals surface area contributed by atoms with Crippen molar-refractivity contribution in [1.82, 2.24) is 9.88 Å². The largest absolute Gasteiger partial charge is 0.486 e. The Hall–Kier alpha value is -2.28. The molecule has 0 atom stereocenters. The highest BCUT2D eigenvalue weighted by molar-refractivity contribution is 9.10. The Morgan fingerprint density at radius 2 is 1.85 bits per heavy atom. The Kier molecular flexibility index (Phi) is 4.95. The average Bonchev–Trinajstić information content (AvgIpc) is 3.14. The van der Waals surface area contributed by atoms with Crippen LogP contribution in [0.15, 0.2) is 45.8 Å². The Labute approximate surface area is 165 Å². The minimum Gasteiger partial charge on any atom is -0.486 e. The van der Waals surface area contributed by atoms with Crippen LogP contribution in [-0.4, -0.2) is 23.7 Å². The highest BCUT2D eigenvalue weighted by Crippen LogP contribution is 2.42. The molecular formula is C20H21BrN2O4. The molecule has 1 amide bonds. The number of ether oxygens (including phenoxy) is 2. The maximum Gasteiger partial charge on any atom is 0.251 e. The second-order valence-electron chi connectivity index (χ2n) is 7.01. The van der Waals surface area contributed by atoms with Crippen molar-refractivity contribution in [2.45, 2.75) is 37.8 Å². The van der Waals surface area contributed by atoms with E-state index in [0.29, 0.717) is 13.2 Å². The number of rotatable bonds is 4. The summed E-state index contributed by atoms with van der Waals surface area (Å²) in [4.78, 5) is 24.7. The molecule has 2 heterocycles. The first-order valence-corrected chi connectivity index (χ1v) is 9.92. The van der Waals surface area contributed by atoms with Gasteiger partial charge in [-0.1, -0.05) is 18.9 Å². The van der Waals surface area contributed by atoms with E-state index in [2.05, 4.69) is 21.2 Å². The summed E-state index contributed by atoms with van der Waals surface area (Å²) < 4.78 is 13.5. The third-order valence-corrected chi connectivity index (χ3v) is 5.66. The number of halogens is 1. The van der Waals surface area contributed by atoms with E-state index < -0.39 is 5.54 Å². The Bertz CT molecular complexity index is 918. The Morgan fingerprint density at radius 1 is 1.11 bits per heavy atom. The molecule has 1 aliphatic heterocycles. The highest BCUT2D eigenvalue weighted by Gasteiger charge is 2.37. The van der Waals surface area contributed by atoms with Gasteiger partial charge in [-0.15, -0.1) is 0 Å². The maximum atomic E-state index is 12.8. The van der Waals surface area contributed by atoms with Crippen molar-refractivity contribution in [3.63, 3.8) is 0 Å². The van der Waals surface area contributed by atoms with Crippen LogP contribution in [0, 0.1) is 0 Å². The Morgan fingerprint density at radius 3 is 2.63 bits per heavy atom. The van der Waals surface area contributed by atoms with Gasteiger partial charge in [0.2, 0.25) is 5.91 Å². The van der Waals surface area contributed by atoms with Crippen LogP contribution in [0.4, 0.5) is 0 Å². The van der Waals surface area contributed by atoms with Crippen molar-refractivity contribution in [2.75, 3.05) is 13.2 Å². The van der Waals surface area contributed by atoms with Crippen molar-refractivity contribution >= 4 is 21.8 Å². The third kappa shape index (κ3) is 3.74. The van der Waals surface area contributed by atoms with Crippen LogP contribution in [0.2, 0.25) is 0 Å². The molecule has 2 aromatic rings. The molecule has 0 spiro atoms. The molecule has 1 aliphatic carbocycles. The molecule has 6 nitrogen and oxygen atoms in total. The molecule has 1 fully saturated rings. The molecule has 1 N–H and O–H groups in total. The van der Waals surface area contributed by atoms with E-state index >= 15 is 0 Å². The summed E-state index contributed by atoms with van der Waals surface area (Å²) in [6, 6.07) is 9.01. The van der Waals surface area contributed by atoms with E-state index in [0.717, 1.165) is 47.2 Å². The van der Waals surface area contributed by atoms with E-state index in [1.54, 1.807) is 12.3 Å². The third-order valence-electron chi connectivity index (χ3n) is 5.19. The van der Waals surface area contributed by atoms with E-state index in [1.165, 1.54) is 10.6 Å². The molecule has 1 saturated carbocycles. The lowest BCUT2D eigenvalue weighted by molar-refractivity contribution is -0.123. The number of pyridine rings is 1. The van der Waals surface area contributed by atoms with Crippen LogP contribution >= 0.6 is 15.9 Å². The predicted molar refractivity (Wildman–Crippen MR) is 104 cm³/mol. The van der Waals surface area contributed by atoms with Crippen LogP contribution < -0.4 is 20.3 Å². The molecule has 4 rings (SSSR count). The summed E-state index contributed by atoms with van der Waals surface area (Å²) in [7, 11) is 0. The lowest BCUT2D eigenvalue weighted by Crippen LogP contribution is -2.46. The number of fused-ring (bicyclic) bond motifs is 1. The lowest BCUT2D eigenvalue weighted by Gasteiger charge is -2.32. The number of nitrogens with one attached hydrogen (secondary N) is 1. The van der Waals surface area contributed by atoms with Gasteiger partial charge in [0.25, 0.3) is 5.56 Å². The summed E-state index contributed by atoms with van der Waals surface area (Å²) in [5.74, 6) is 1.29. The number of amides is 1. The van der Waals surface area contributed by atoms with Gasteiger partial charge in [0.15, 0.2) is 11.5 Å². The molecule has 142 valence electrons. The SMILES string of the molecule is O=C(Cn1cc(Br)ccc1=O)NC1(c2ccc3c(c2)OCCO3)CCCC1. The maximum absolute atomic E-state index is 12.8. The molecule has 0 unspecified atom stereocenters. The van der Waals surface area contributed by atoms with Crippen LogP contribution in [0.1, 0.15) is 31.2 Å². The minimum absolute atomic E-state index is 0.00935. The summed E-state index contributed by atoms with van der Waals surface area (Å²) >= 11 is 3.34. The fourth-order valence-corrected chi connectivity index (χ4v) is 4.27. The first kappa shape index (κ1) is 18.1.